The van der Waals surface area contributed by atoms with E-state index in [1.165, 1.54) is 6.20 Å². The molecule has 110 valence electrons. The molecule has 0 saturated carbocycles. The first kappa shape index (κ1) is 14.2. The number of thiophene rings is 1. The molecule has 1 amide bonds. The van der Waals surface area contributed by atoms with Gasteiger partial charge < -0.3 is 10.1 Å². The number of anilines is 1. The Hall–Kier alpha value is -2.73. The van der Waals surface area contributed by atoms with E-state index >= 15 is 0 Å². The molecule has 3 aromatic rings. The van der Waals surface area contributed by atoms with Crippen molar-refractivity contribution >= 4 is 22.9 Å². The van der Waals surface area contributed by atoms with Crippen molar-refractivity contribution in [3.05, 3.63) is 65.2 Å². The van der Waals surface area contributed by atoms with Gasteiger partial charge in [0.15, 0.2) is 0 Å². The standard InChI is InChI=1S/C16H13N3O2S/c20-15(10-14-5-2-8-22-14)19-12-3-1-4-13(9-12)21-16-11-17-6-7-18-16/h1-9,11H,10H2,(H,19,20). The van der Waals surface area contributed by atoms with Crippen LogP contribution in [0.25, 0.3) is 0 Å². The zero-order valence-electron chi connectivity index (χ0n) is 11.6. The Balaban J connectivity index is 1.65. The van der Waals surface area contributed by atoms with Crippen molar-refractivity contribution in [3.63, 3.8) is 0 Å². The number of ether oxygens (including phenoxy) is 1. The van der Waals surface area contributed by atoms with Gasteiger partial charge in [0.1, 0.15) is 5.75 Å². The highest BCUT2D eigenvalue weighted by Crippen LogP contribution is 2.22. The van der Waals surface area contributed by atoms with Crippen LogP contribution in [0.4, 0.5) is 5.69 Å². The second-order valence-corrected chi connectivity index (χ2v) is 5.51. The van der Waals surface area contributed by atoms with Crippen LogP contribution in [0.1, 0.15) is 4.88 Å². The summed E-state index contributed by atoms with van der Waals surface area (Å²) < 4.78 is 5.58. The number of hydrogen-bond donors (Lipinski definition) is 1. The van der Waals surface area contributed by atoms with Crippen LogP contribution in [-0.4, -0.2) is 15.9 Å². The molecule has 3 rings (SSSR count). The van der Waals surface area contributed by atoms with Crippen LogP contribution in [0.5, 0.6) is 11.6 Å². The summed E-state index contributed by atoms with van der Waals surface area (Å²) in [4.78, 5) is 21.0. The Morgan fingerprint density at radius 2 is 2.18 bits per heavy atom. The Bertz CT molecular complexity index is 745. The third kappa shape index (κ3) is 3.89. The molecule has 0 spiro atoms. The van der Waals surface area contributed by atoms with Crippen LogP contribution >= 0.6 is 11.3 Å². The van der Waals surface area contributed by atoms with Crippen molar-refractivity contribution in [2.45, 2.75) is 6.42 Å². The summed E-state index contributed by atoms with van der Waals surface area (Å²) in [5.74, 6) is 0.943. The third-order valence-electron chi connectivity index (χ3n) is 2.79. The minimum absolute atomic E-state index is 0.0564. The van der Waals surface area contributed by atoms with Gasteiger partial charge in [-0.15, -0.1) is 11.3 Å². The van der Waals surface area contributed by atoms with Gasteiger partial charge >= 0.3 is 0 Å². The summed E-state index contributed by atoms with van der Waals surface area (Å²) in [6.45, 7) is 0. The van der Waals surface area contributed by atoms with E-state index < -0.39 is 0 Å². The molecule has 0 saturated heterocycles. The molecule has 1 aromatic carbocycles. The van der Waals surface area contributed by atoms with Crippen LogP contribution in [0.15, 0.2) is 60.4 Å². The number of carbonyl (C=O) groups excluding carboxylic acids is 1. The zero-order chi connectivity index (χ0) is 15.2. The van der Waals surface area contributed by atoms with Gasteiger partial charge in [0.2, 0.25) is 11.8 Å². The van der Waals surface area contributed by atoms with E-state index in [1.54, 1.807) is 35.9 Å². The summed E-state index contributed by atoms with van der Waals surface area (Å²) in [6, 6.07) is 11.0. The second kappa shape index (κ2) is 6.82. The predicted octanol–water partition coefficient (Wildman–Crippen LogP) is 3.51. The lowest BCUT2D eigenvalue weighted by Gasteiger charge is -2.07. The van der Waals surface area contributed by atoms with Crippen LogP contribution in [-0.2, 0) is 11.2 Å². The minimum atomic E-state index is -0.0564. The van der Waals surface area contributed by atoms with Gasteiger partial charge in [-0.3, -0.25) is 9.78 Å². The number of nitrogens with zero attached hydrogens (tertiary/aromatic N) is 2. The molecule has 2 heterocycles. The number of nitrogens with one attached hydrogen (secondary N) is 1. The average molecular weight is 311 g/mol. The fourth-order valence-corrected chi connectivity index (χ4v) is 2.58. The molecule has 0 aliphatic carbocycles. The van der Waals surface area contributed by atoms with Crippen molar-refractivity contribution in [3.8, 4) is 11.6 Å². The number of rotatable bonds is 5. The van der Waals surface area contributed by atoms with E-state index in [-0.39, 0.29) is 5.91 Å². The van der Waals surface area contributed by atoms with Crippen molar-refractivity contribution < 1.29 is 9.53 Å². The first-order valence-electron chi connectivity index (χ1n) is 6.66. The van der Waals surface area contributed by atoms with E-state index in [1.807, 2.05) is 29.6 Å². The molecule has 0 fully saturated rings. The minimum Gasteiger partial charge on any atom is -0.437 e. The second-order valence-electron chi connectivity index (χ2n) is 4.48. The molecule has 22 heavy (non-hydrogen) atoms. The number of benzene rings is 1. The van der Waals surface area contributed by atoms with Crippen molar-refractivity contribution in [1.82, 2.24) is 9.97 Å². The normalized spacial score (nSPS) is 10.2. The lowest BCUT2D eigenvalue weighted by Crippen LogP contribution is -2.13. The van der Waals surface area contributed by atoms with Crippen LogP contribution in [0.2, 0.25) is 0 Å². The highest BCUT2D eigenvalue weighted by atomic mass is 32.1. The lowest BCUT2D eigenvalue weighted by atomic mass is 10.2. The predicted molar refractivity (Wildman–Crippen MR) is 85.2 cm³/mol. The van der Waals surface area contributed by atoms with Crippen LogP contribution in [0, 0.1) is 0 Å². The highest BCUT2D eigenvalue weighted by Gasteiger charge is 2.06. The summed E-state index contributed by atoms with van der Waals surface area (Å²) >= 11 is 1.57. The Labute approximate surface area is 131 Å². The Morgan fingerprint density at radius 1 is 1.23 bits per heavy atom. The smallest absolute Gasteiger partial charge is 0.237 e. The molecule has 0 aliphatic rings. The molecular formula is C16H13N3O2S. The molecule has 1 N–H and O–H groups in total. The SMILES string of the molecule is O=C(Cc1cccs1)Nc1cccc(Oc2cnccn2)c1. The molecular weight excluding hydrogens is 298 g/mol. The molecule has 0 radical (unpaired) electrons. The first-order chi connectivity index (χ1) is 10.8. The summed E-state index contributed by atoms with van der Waals surface area (Å²) in [5.41, 5.74) is 0.683. The fourth-order valence-electron chi connectivity index (χ4n) is 1.87. The molecule has 0 bridgehead atoms. The topological polar surface area (TPSA) is 64.1 Å². The molecule has 0 aliphatic heterocycles. The molecule has 5 nitrogen and oxygen atoms in total. The highest BCUT2D eigenvalue weighted by molar-refractivity contribution is 7.10. The number of hydrogen-bond acceptors (Lipinski definition) is 5. The molecule has 2 aromatic heterocycles. The van der Waals surface area contributed by atoms with E-state index in [9.17, 15) is 4.79 Å². The maximum atomic E-state index is 12.0. The average Bonchev–Trinajstić information content (AvgIpc) is 3.01. The van der Waals surface area contributed by atoms with Gasteiger partial charge in [0.05, 0.1) is 12.6 Å². The van der Waals surface area contributed by atoms with Gasteiger partial charge in [-0.25, -0.2) is 4.98 Å². The Morgan fingerprint density at radius 3 is 2.95 bits per heavy atom. The summed E-state index contributed by atoms with van der Waals surface area (Å²) in [6.07, 6.45) is 5.03. The largest absolute Gasteiger partial charge is 0.437 e. The van der Waals surface area contributed by atoms with Gasteiger partial charge in [-0.2, -0.15) is 0 Å². The quantitative estimate of drug-likeness (QED) is 0.783. The van der Waals surface area contributed by atoms with Gasteiger partial charge in [-0.1, -0.05) is 12.1 Å². The van der Waals surface area contributed by atoms with E-state index in [0.717, 1.165) is 4.88 Å². The van der Waals surface area contributed by atoms with E-state index in [0.29, 0.717) is 23.7 Å². The number of carbonyl (C=O) groups is 1. The van der Waals surface area contributed by atoms with Crippen molar-refractivity contribution in [2.24, 2.45) is 0 Å². The van der Waals surface area contributed by atoms with Crippen LogP contribution in [0.3, 0.4) is 0 Å². The summed E-state index contributed by atoms with van der Waals surface area (Å²) in [7, 11) is 0. The van der Waals surface area contributed by atoms with E-state index in [4.69, 9.17) is 4.74 Å². The third-order valence-corrected chi connectivity index (χ3v) is 3.67. The molecule has 0 atom stereocenters. The first-order valence-corrected chi connectivity index (χ1v) is 7.54. The zero-order valence-corrected chi connectivity index (χ0v) is 12.4. The maximum absolute atomic E-state index is 12.0. The number of amides is 1. The molecule has 6 heteroatoms. The summed E-state index contributed by atoms with van der Waals surface area (Å²) in [5, 5.41) is 4.81. The van der Waals surface area contributed by atoms with Crippen LogP contribution < -0.4 is 10.1 Å². The van der Waals surface area contributed by atoms with Gasteiger partial charge in [0.25, 0.3) is 0 Å². The van der Waals surface area contributed by atoms with Gasteiger partial charge in [0, 0.05) is 29.0 Å². The van der Waals surface area contributed by atoms with Crippen molar-refractivity contribution in [1.29, 1.82) is 0 Å². The van der Waals surface area contributed by atoms with Gasteiger partial charge in [-0.05, 0) is 23.6 Å². The van der Waals surface area contributed by atoms with Crippen molar-refractivity contribution in [2.75, 3.05) is 5.32 Å². The molecule has 0 unspecified atom stereocenters. The monoisotopic (exact) mass is 311 g/mol. The number of aromatic nitrogens is 2. The lowest BCUT2D eigenvalue weighted by molar-refractivity contribution is -0.115. The maximum Gasteiger partial charge on any atom is 0.237 e. The fraction of sp³-hybridized carbons (Fsp3) is 0.0625. The van der Waals surface area contributed by atoms with E-state index in [2.05, 4.69) is 15.3 Å². The Kier molecular flexibility index (Phi) is 4.41.